The van der Waals surface area contributed by atoms with E-state index < -0.39 is 31.4 Å². The summed E-state index contributed by atoms with van der Waals surface area (Å²) in [5.74, 6) is -3.26. The van der Waals surface area contributed by atoms with E-state index in [2.05, 4.69) is 0 Å². The molecule has 0 aromatic heterocycles. The Bertz CT molecular complexity index is 446. The number of carbonyl (C=O) groups excluding carboxylic acids is 1. The minimum absolute atomic E-state index is 0.617. The first-order chi connectivity index (χ1) is 7.53. The largest absolute Gasteiger partial charge is 0.454 e. The fourth-order valence-electron chi connectivity index (χ4n) is 1.32. The molecule has 6 heteroatoms. The van der Waals surface area contributed by atoms with E-state index in [4.69, 9.17) is 0 Å². The maximum absolute atomic E-state index is 13.2. The van der Waals surface area contributed by atoms with Crippen LogP contribution < -0.4 is 5.19 Å². The molecule has 0 N–H and O–H groups in total. The Labute approximate surface area is 97.5 Å². The molecule has 0 saturated heterocycles. The highest BCUT2D eigenvalue weighted by Crippen LogP contribution is 2.23. The van der Waals surface area contributed by atoms with E-state index in [0.717, 1.165) is 12.1 Å². The number of carbonyl (C=O) groups is 1. The molecule has 0 aliphatic heterocycles. The molecule has 0 fully saturated rings. The smallest absolute Gasteiger partial charge is 0.284 e. The lowest BCUT2D eigenvalue weighted by atomic mass is 10.1. The van der Waals surface area contributed by atoms with Crippen molar-refractivity contribution in [2.24, 2.45) is 0 Å². The third-order valence-electron chi connectivity index (χ3n) is 2.33. The number of hydrogen-bond acceptors (Lipinski definition) is 1. The van der Waals surface area contributed by atoms with Gasteiger partial charge >= 0.3 is 6.18 Å². The predicted molar refractivity (Wildman–Crippen MR) is 59.8 cm³/mol. The van der Waals surface area contributed by atoms with Crippen LogP contribution in [0.25, 0.3) is 0 Å². The number of hydrogen-bond donors (Lipinski definition) is 0. The highest BCUT2D eigenvalue weighted by atomic mass is 28.3. The second kappa shape index (κ2) is 4.25. The molecular formula is C11H12F4OSi. The summed E-state index contributed by atoms with van der Waals surface area (Å²) < 4.78 is 49.9. The van der Waals surface area contributed by atoms with E-state index in [1.807, 2.05) is 19.6 Å². The third-order valence-corrected chi connectivity index (χ3v) is 4.38. The summed E-state index contributed by atoms with van der Waals surface area (Å²) in [6.07, 6.45) is -5.04. The second-order valence-electron chi connectivity index (χ2n) is 4.77. The monoisotopic (exact) mass is 264 g/mol. The van der Waals surface area contributed by atoms with Crippen molar-refractivity contribution in [3.05, 3.63) is 29.6 Å². The van der Waals surface area contributed by atoms with Gasteiger partial charge < -0.3 is 0 Å². The van der Waals surface area contributed by atoms with Crippen LogP contribution in [-0.2, 0) is 0 Å². The molecule has 0 aliphatic rings. The molecule has 0 saturated carbocycles. The van der Waals surface area contributed by atoms with E-state index in [1.165, 1.54) is 6.07 Å². The van der Waals surface area contributed by atoms with Gasteiger partial charge in [-0.2, -0.15) is 13.2 Å². The minimum atomic E-state index is -5.04. The number of rotatable bonds is 2. The molecule has 1 nitrogen and oxygen atoms in total. The number of ketones is 1. The van der Waals surface area contributed by atoms with E-state index in [1.54, 1.807) is 0 Å². The number of Topliss-reactive ketones (excluding diaryl/α,β-unsaturated/α-hetero) is 1. The van der Waals surface area contributed by atoms with Crippen molar-refractivity contribution in [2.45, 2.75) is 25.8 Å². The van der Waals surface area contributed by atoms with Crippen molar-refractivity contribution >= 4 is 19.0 Å². The molecule has 0 amide bonds. The molecule has 1 aromatic carbocycles. The first-order valence-electron chi connectivity index (χ1n) is 4.95. The van der Waals surface area contributed by atoms with Crippen molar-refractivity contribution in [1.29, 1.82) is 0 Å². The van der Waals surface area contributed by atoms with Gasteiger partial charge in [-0.05, 0) is 12.1 Å². The summed E-state index contributed by atoms with van der Waals surface area (Å²) >= 11 is 0. The van der Waals surface area contributed by atoms with Gasteiger partial charge in [-0.1, -0.05) is 30.9 Å². The predicted octanol–water partition coefficient (Wildman–Crippen LogP) is 3.12. The number of halogens is 4. The van der Waals surface area contributed by atoms with Crippen molar-refractivity contribution in [3.63, 3.8) is 0 Å². The molecule has 1 rings (SSSR count). The number of alkyl halides is 3. The Morgan fingerprint density at radius 1 is 1.18 bits per heavy atom. The van der Waals surface area contributed by atoms with Gasteiger partial charge in [0.05, 0.1) is 13.6 Å². The average molecular weight is 264 g/mol. The fraction of sp³-hybridized carbons (Fsp3) is 0.364. The molecule has 0 spiro atoms. The first-order valence-corrected chi connectivity index (χ1v) is 8.45. The van der Waals surface area contributed by atoms with Crippen LogP contribution in [0.2, 0.25) is 19.6 Å². The quantitative estimate of drug-likeness (QED) is 0.455. The Hall–Kier alpha value is -1.17. The van der Waals surface area contributed by atoms with Crippen LogP contribution in [-0.4, -0.2) is 20.0 Å². The average Bonchev–Trinajstić information content (AvgIpc) is 2.14. The molecule has 1 aromatic rings. The standard InChI is InChI=1S/C11H12F4OSi/c1-17(2,3)7-4-5-9(12)8(6-7)10(16)11(13,14)15/h4-6H,1-3H3. The Morgan fingerprint density at radius 3 is 2.12 bits per heavy atom. The minimum Gasteiger partial charge on any atom is -0.284 e. The Kier molecular flexibility index (Phi) is 3.47. The molecule has 0 aliphatic carbocycles. The molecule has 0 heterocycles. The molecule has 0 radical (unpaired) electrons. The molecule has 0 bridgehead atoms. The maximum Gasteiger partial charge on any atom is 0.454 e. The van der Waals surface area contributed by atoms with Crippen LogP contribution in [0.5, 0.6) is 0 Å². The normalized spacial score (nSPS) is 12.6. The third kappa shape index (κ3) is 3.15. The maximum atomic E-state index is 13.2. The van der Waals surface area contributed by atoms with Crippen LogP contribution in [0.3, 0.4) is 0 Å². The topological polar surface area (TPSA) is 17.1 Å². The zero-order valence-electron chi connectivity index (χ0n) is 9.65. The molecular weight excluding hydrogens is 252 g/mol. The van der Waals surface area contributed by atoms with Gasteiger partial charge in [-0.25, -0.2) is 4.39 Å². The van der Waals surface area contributed by atoms with Gasteiger partial charge in [0.15, 0.2) is 0 Å². The van der Waals surface area contributed by atoms with Crippen LogP contribution in [0.1, 0.15) is 10.4 Å². The molecule has 0 unspecified atom stereocenters. The van der Waals surface area contributed by atoms with Crippen LogP contribution >= 0.6 is 0 Å². The highest BCUT2D eigenvalue weighted by molar-refractivity contribution is 6.88. The van der Waals surface area contributed by atoms with Gasteiger partial charge in [-0.15, -0.1) is 0 Å². The van der Waals surface area contributed by atoms with Crippen LogP contribution in [0, 0.1) is 5.82 Å². The molecule has 0 atom stereocenters. The van der Waals surface area contributed by atoms with E-state index in [9.17, 15) is 22.4 Å². The zero-order chi connectivity index (χ0) is 13.4. The van der Waals surface area contributed by atoms with Gasteiger partial charge in [0.2, 0.25) is 0 Å². The lowest BCUT2D eigenvalue weighted by Crippen LogP contribution is -2.38. The summed E-state index contributed by atoms with van der Waals surface area (Å²) in [7, 11) is -1.88. The van der Waals surface area contributed by atoms with Gasteiger partial charge in [0, 0.05) is 0 Å². The summed E-state index contributed by atoms with van der Waals surface area (Å²) in [6.45, 7) is 5.71. The first kappa shape index (κ1) is 13.9. The fourth-order valence-corrected chi connectivity index (χ4v) is 2.48. The Balaban J connectivity index is 3.30. The van der Waals surface area contributed by atoms with Crippen LogP contribution in [0.15, 0.2) is 18.2 Å². The van der Waals surface area contributed by atoms with E-state index in [-0.39, 0.29) is 0 Å². The van der Waals surface area contributed by atoms with Gasteiger partial charge in [0.1, 0.15) is 5.82 Å². The molecule has 94 valence electrons. The zero-order valence-corrected chi connectivity index (χ0v) is 10.7. The van der Waals surface area contributed by atoms with Crippen molar-refractivity contribution < 1.29 is 22.4 Å². The SMILES string of the molecule is C[Si](C)(C)c1ccc(F)c(C(=O)C(F)(F)F)c1. The Morgan fingerprint density at radius 2 is 1.71 bits per heavy atom. The summed E-state index contributed by atoms with van der Waals surface area (Å²) in [5, 5.41) is 0.617. The molecule has 17 heavy (non-hydrogen) atoms. The summed E-state index contributed by atoms with van der Waals surface area (Å²) in [6, 6.07) is 3.39. The van der Waals surface area contributed by atoms with Gasteiger partial charge in [0.25, 0.3) is 5.78 Å². The van der Waals surface area contributed by atoms with Crippen molar-refractivity contribution in [1.82, 2.24) is 0 Å². The lowest BCUT2D eigenvalue weighted by Gasteiger charge is -2.18. The van der Waals surface area contributed by atoms with E-state index >= 15 is 0 Å². The summed E-state index contributed by atoms with van der Waals surface area (Å²) in [4.78, 5) is 11.0. The van der Waals surface area contributed by atoms with Crippen molar-refractivity contribution in [3.8, 4) is 0 Å². The highest BCUT2D eigenvalue weighted by Gasteiger charge is 2.41. The van der Waals surface area contributed by atoms with E-state index in [0.29, 0.717) is 5.19 Å². The number of benzene rings is 1. The summed E-state index contributed by atoms with van der Waals surface area (Å²) in [5.41, 5.74) is -0.891. The van der Waals surface area contributed by atoms with Crippen LogP contribution in [0.4, 0.5) is 17.6 Å². The van der Waals surface area contributed by atoms with Gasteiger partial charge in [-0.3, -0.25) is 4.79 Å². The lowest BCUT2D eigenvalue weighted by molar-refractivity contribution is -0.0887. The second-order valence-corrected chi connectivity index (χ2v) is 9.85. The van der Waals surface area contributed by atoms with Crippen molar-refractivity contribution in [2.75, 3.05) is 0 Å².